The first-order valence-corrected chi connectivity index (χ1v) is 6.62. The van der Waals surface area contributed by atoms with E-state index in [-0.39, 0.29) is 0 Å². The predicted molar refractivity (Wildman–Crippen MR) is 70.9 cm³/mol. The molecular weight excluding hydrogens is 180 g/mol. The second-order valence-corrected chi connectivity index (χ2v) is 6.87. The van der Waals surface area contributed by atoms with Crippen molar-refractivity contribution in [3.05, 3.63) is 0 Å². The average Bonchev–Trinajstić information content (AvgIpc) is 1.99. The van der Waals surface area contributed by atoms with Gasteiger partial charge in [-0.25, -0.2) is 0 Å². The van der Waals surface area contributed by atoms with Crippen molar-refractivity contribution in [2.75, 3.05) is 0 Å². The van der Waals surface area contributed by atoms with Gasteiger partial charge in [-0.05, 0) is 35.0 Å². The lowest BCUT2D eigenvalue weighted by Crippen LogP contribution is -2.39. The minimum Gasteiger partial charge on any atom is -0.0625 e. The fourth-order valence-corrected chi connectivity index (χ4v) is 3.65. The van der Waals surface area contributed by atoms with E-state index in [9.17, 15) is 0 Å². The summed E-state index contributed by atoms with van der Waals surface area (Å²) in [6, 6.07) is 0. The van der Waals surface area contributed by atoms with Crippen LogP contribution in [0.2, 0.25) is 0 Å². The van der Waals surface area contributed by atoms with Crippen molar-refractivity contribution in [1.82, 2.24) is 0 Å². The summed E-state index contributed by atoms with van der Waals surface area (Å²) in [6.45, 7) is 21.5. The molecule has 0 saturated carbocycles. The third-order valence-corrected chi connectivity index (χ3v) is 4.47. The van der Waals surface area contributed by atoms with Crippen LogP contribution in [0.25, 0.3) is 0 Å². The Kier molecular flexibility index (Phi) is 5.37. The molecule has 0 aliphatic carbocycles. The van der Waals surface area contributed by atoms with Crippen LogP contribution in [0.5, 0.6) is 0 Å². The van der Waals surface area contributed by atoms with Crippen molar-refractivity contribution in [3.63, 3.8) is 0 Å². The van der Waals surface area contributed by atoms with Gasteiger partial charge < -0.3 is 0 Å². The van der Waals surface area contributed by atoms with Crippen LogP contribution < -0.4 is 0 Å². The second-order valence-electron chi connectivity index (χ2n) is 6.87. The summed E-state index contributed by atoms with van der Waals surface area (Å²) in [7, 11) is 0. The Balaban J connectivity index is 4.94. The maximum Gasteiger partial charge on any atom is -0.0293 e. The Labute approximate surface area is 97.8 Å². The molecule has 1 unspecified atom stereocenters. The average molecular weight is 212 g/mol. The van der Waals surface area contributed by atoms with Gasteiger partial charge in [-0.2, -0.15) is 0 Å². The van der Waals surface area contributed by atoms with Crippen molar-refractivity contribution >= 4 is 0 Å². The molecule has 0 radical (unpaired) electrons. The molecule has 0 saturated heterocycles. The second kappa shape index (κ2) is 5.37. The van der Waals surface area contributed by atoms with E-state index >= 15 is 0 Å². The number of hydrogen-bond acceptors (Lipinski definition) is 0. The first-order chi connectivity index (χ1) is 6.62. The van der Waals surface area contributed by atoms with Crippen LogP contribution in [0, 0.1) is 35.0 Å². The van der Waals surface area contributed by atoms with Gasteiger partial charge in [0.05, 0.1) is 0 Å². The summed E-state index contributed by atoms with van der Waals surface area (Å²) >= 11 is 0. The molecule has 0 N–H and O–H groups in total. The molecule has 1 atom stereocenters. The van der Waals surface area contributed by atoms with Gasteiger partial charge in [-0.3, -0.25) is 0 Å². The van der Waals surface area contributed by atoms with Crippen LogP contribution in [0.4, 0.5) is 0 Å². The summed E-state index contributed by atoms with van der Waals surface area (Å²) in [5.41, 5.74) is 0.441. The van der Waals surface area contributed by atoms with Gasteiger partial charge in [-0.1, -0.05) is 62.3 Å². The highest BCUT2D eigenvalue weighted by molar-refractivity contribution is 4.87. The summed E-state index contributed by atoms with van der Waals surface area (Å²) in [5, 5.41) is 0. The van der Waals surface area contributed by atoms with Crippen LogP contribution in [-0.4, -0.2) is 0 Å². The van der Waals surface area contributed by atoms with E-state index in [0.717, 1.165) is 29.6 Å². The molecule has 0 fully saturated rings. The SMILES string of the molecule is CC(C)C(C)C(C)(C)C(C(C)C)C(C)C. The van der Waals surface area contributed by atoms with Crippen molar-refractivity contribution in [3.8, 4) is 0 Å². The highest BCUT2D eigenvalue weighted by atomic mass is 14.4. The molecule has 0 heterocycles. The molecule has 0 heteroatoms. The van der Waals surface area contributed by atoms with E-state index in [1.165, 1.54) is 0 Å². The zero-order valence-electron chi connectivity index (χ0n) is 12.4. The fourth-order valence-electron chi connectivity index (χ4n) is 3.65. The van der Waals surface area contributed by atoms with Crippen molar-refractivity contribution in [2.45, 2.75) is 62.3 Å². The molecule has 92 valence electrons. The molecule has 0 amide bonds. The lowest BCUT2D eigenvalue weighted by molar-refractivity contribution is 0.0301. The van der Waals surface area contributed by atoms with E-state index in [1.807, 2.05) is 0 Å². The lowest BCUT2D eigenvalue weighted by Gasteiger charge is -2.46. The maximum atomic E-state index is 2.46. The van der Waals surface area contributed by atoms with Gasteiger partial charge in [0, 0.05) is 0 Å². The number of rotatable bonds is 5. The van der Waals surface area contributed by atoms with E-state index in [2.05, 4.69) is 62.3 Å². The molecule has 0 aromatic rings. The van der Waals surface area contributed by atoms with Crippen LogP contribution in [0.15, 0.2) is 0 Å². The summed E-state index contributed by atoms with van der Waals surface area (Å²) in [5.74, 6) is 3.93. The zero-order chi connectivity index (χ0) is 12.4. The van der Waals surface area contributed by atoms with Crippen molar-refractivity contribution in [1.29, 1.82) is 0 Å². The Morgan fingerprint density at radius 2 is 0.933 bits per heavy atom. The van der Waals surface area contributed by atoms with Gasteiger partial charge in [0.1, 0.15) is 0 Å². The summed E-state index contributed by atoms with van der Waals surface area (Å²) < 4.78 is 0. The van der Waals surface area contributed by atoms with Gasteiger partial charge in [0.2, 0.25) is 0 Å². The first-order valence-electron chi connectivity index (χ1n) is 6.62. The third-order valence-electron chi connectivity index (χ3n) is 4.47. The standard InChI is InChI=1S/C15H32/c1-10(2)13(7)15(8,9)14(11(3)4)12(5)6/h10-14H,1-9H3. The van der Waals surface area contributed by atoms with Gasteiger partial charge in [-0.15, -0.1) is 0 Å². The molecule has 0 rings (SSSR count). The molecule has 0 nitrogen and oxygen atoms in total. The quantitative estimate of drug-likeness (QED) is 0.585. The fraction of sp³-hybridized carbons (Fsp3) is 1.00. The Bertz CT molecular complexity index is 166. The van der Waals surface area contributed by atoms with Crippen LogP contribution in [0.1, 0.15) is 62.3 Å². The summed E-state index contributed by atoms with van der Waals surface area (Å²) in [4.78, 5) is 0. The van der Waals surface area contributed by atoms with Crippen LogP contribution >= 0.6 is 0 Å². The zero-order valence-corrected chi connectivity index (χ0v) is 12.4. The van der Waals surface area contributed by atoms with Crippen molar-refractivity contribution in [2.24, 2.45) is 35.0 Å². The smallest absolute Gasteiger partial charge is 0.0293 e. The molecule has 0 bridgehead atoms. The van der Waals surface area contributed by atoms with Crippen LogP contribution in [-0.2, 0) is 0 Å². The lowest BCUT2D eigenvalue weighted by atomic mass is 9.60. The predicted octanol–water partition coefficient (Wildman–Crippen LogP) is 5.23. The Morgan fingerprint density at radius 1 is 0.600 bits per heavy atom. The molecule has 0 spiro atoms. The minimum absolute atomic E-state index is 0.441. The van der Waals surface area contributed by atoms with Gasteiger partial charge >= 0.3 is 0 Å². The third kappa shape index (κ3) is 3.50. The largest absolute Gasteiger partial charge is 0.0625 e. The normalized spacial score (nSPS) is 15.8. The molecule has 0 aliphatic heterocycles. The van der Waals surface area contributed by atoms with Crippen LogP contribution in [0.3, 0.4) is 0 Å². The highest BCUT2D eigenvalue weighted by Crippen LogP contribution is 2.45. The van der Waals surface area contributed by atoms with E-state index < -0.39 is 0 Å². The molecule has 0 aromatic heterocycles. The molecular formula is C15H32. The summed E-state index contributed by atoms with van der Waals surface area (Å²) in [6.07, 6.45) is 0. The molecule has 0 aliphatic rings. The minimum atomic E-state index is 0.441. The topological polar surface area (TPSA) is 0 Å². The number of hydrogen-bond donors (Lipinski definition) is 0. The van der Waals surface area contributed by atoms with Crippen molar-refractivity contribution < 1.29 is 0 Å². The van der Waals surface area contributed by atoms with Gasteiger partial charge in [0.15, 0.2) is 0 Å². The molecule has 15 heavy (non-hydrogen) atoms. The first kappa shape index (κ1) is 15.0. The van der Waals surface area contributed by atoms with Gasteiger partial charge in [0.25, 0.3) is 0 Å². The molecule has 0 aromatic carbocycles. The Morgan fingerprint density at radius 3 is 1.13 bits per heavy atom. The maximum absolute atomic E-state index is 2.46. The van der Waals surface area contributed by atoms with E-state index in [1.54, 1.807) is 0 Å². The Hall–Kier alpha value is 0. The monoisotopic (exact) mass is 212 g/mol. The highest BCUT2D eigenvalue weighted by Gasteiger charge is 2.39. The van der Waals surface area contributed by atoms with E-state index in [4.69, 9.17) is 0 Å². The van der Waals surface area contributed by atoms with E-state index in [0.29, 0.717) is 5.41 Å².